The molecule has 1 unspecified atom stereocenters. The Morgan fingerprint density at radius 3 is 2.82 bits per heavy atom. The van der Waals surface area contributed by atoms with Gasteiger partial charge < -0.3 is 10.6 Å². The molecular formula is C13H19N3O. The second-order valence-corrected chi connectivity index (χ2v) is 4.56. The highest BCUT2D eigenvalue weighted by Crippen LogP contribution is 2.18. The number of carbonyl (C=O) groups is 1. The highest BCUT2D eigenvalue weighted by Gasteiger charge is 2.25. The van der Waals surface area contributed by atoms with Gasteiger partial charge in [-0.25, -0.2) is 0 Å². The van der Waals surface area contributed by atoms with Crippen LogP contribution < -0.4 is 10.6 Å². The maximum atomic E-state index is 11.7. The molecule has 0 radical (unpaired) electrons. The Labute approximate surface area is 102 Å². The van der Waals surface area contributed by atoms with Gasteiger partial charge >= 0.3 is 0 Å². The summed E-state index contributed by atoms with van der Waals surface area (Å²) in [4.78, 5) is 15.6. The third kappa shape index (κ3) is 4.15. The van der Waals surface area contributed by atoms with E-state index in [1.54, 1.807) is 12.4 Å². The summed E-state index contributed by atoms with van der Waals surface area (Å²) in [7, 11) is 0. The average Bonchev–Trinajstić information content (AvgIpc) is 3.14. The molecule has 92 valence electrons. The summed E-state index contributed by atoms with van der Waals surface area (Å²) < 4.78 is 0. The molecule has 0 bridgehead atoms. The second kappa shape index (κ2) is 5.77. The van der Waals surface area contributed by atoms with Crippen LogP contribution in [0.5, 0.6) is 0 Å². The van der Waals surface area contributed by atoms with Crippen LogP contribution in [0.2, 0.25) is 0 Å². The number of hydrogen-bond donors (Lipinski definition) is 2. The number of hydrogen-bond acceptors (Lipinski definition) is 3. The number of pyridine rings is 1. The SMILES string of the molecule is CC(NCCc1ccncc1)C(=O)NC1CC1. The number of nitrogens with zero attached hydrogens (tertiary/aromatic N) is 1. The highest BCUT2D eigenvalue weighted by atomic mass is 16.2. The quantitative estimate of drug-likeness (QED) is 0.767. The van der Waals surface area contributed by atoms with E-state index in [1.165, 1.54) is 5.56 Å². The molecule has 2 N–H and O–H groups in total. The van der Waals surface area contributed by atoms with Crippen LogP contribution in [0.1, 0.15) is 25.3 Å². The maximum Gasteiger partial charge on any atom is 0.237 e. The minimum atomic E-state index is -0.113. The van der Waals surface area contributed by atoms with Gasteiger partial charge in [0.25, 0.3) is 0 Å². The molecule has 1 aromatic heterocycles. The monoisotopic (exact) mass is 233 g/mol. The summed E-state index contributed by atoms with van der Waals surface area (Å²) >= 11 is 0. The normalized spacial score (nSPS) is 16.5. The number of carbonyl (C=O) groups excluding carboxylic acids is 1. The largest absolute Gasteiger partial charge is 0.352 e. The van der Waals surface area contributed by atoms with Crippen molar-refractivity contribution in [3.63, 3.8) is 0 Å². The van der Waals surface area contributed by atoms with Crippen LogP contribution in [0.25, 0.3) is 0 Å². The Morgan fingerprint density at radius 2 is 2.18 bits per heavy atom. The fourth-order valence-corrected chi connectivity index (χ4v) is 1.63. The zero-order valence-electron chi connectivity index (χ0n) is 10.1. The topological polar surface area (TPSA) is 54.0 Å². The minimum absolute atomic E-state index is 0.113. The van der Waals surface area contributed by atoms with Gasteiger partial charge in [0.1, 0.15) is 0 Å². The zero-order chi connectivity index (χ0) is 12.1. The van der Waals surface area contributed by atoms with E-state index in [4.69, 9.17) is 0 Å². The molecule has 1 saturated carbocycles. The van der Waals surface area contributed by atoms with Crippen LogP contribution in [-0.2, 0) is 11.2 Å². The molecule has 4 heteroatoms. The van der Waals surface area contributed by atoms with E-state index in [-0.39, 0.29) is 11.9 Å². The summed E-state index contributed by atoms with van der Waals surface area (Å²) in [6.45, 7) is 2.72. The second-order valence-electron chi connectivity index (χ2n) is 4.56. The van der Waals surface area contributed by atoms with Crippen LogP contribution in [0.3, 0.4) is 0 Å². The van der Waals surface area contributed by atoms with Crippen LogP contribution in [0.15, 0.2) is 24.5 Å². The van der Waals surface area contributed by atoms with Crippen molar-refractivity contribution in [1.29, 1.82) is 0 Å². The zero-order valence-corrected chi connectivity index (χ0v) is 10.1. The van der Waals surface area contributed by atoms with Gasteiger partial charge in [0.05, 0.1) is 6.04 Å². The van der Waals surface area contributed by atoms with Gasteiger partial charge in [-0.3, -0.25) is 9.78 Å². The molecular weight excluding hydrogens is 214 g/mol. The van der Waals surface area contributed by atoms with Gasteiger partial charge in [0.2, 0.25) is 5.91 Å². The third-order valence-corrected chi connectivity index (χ3v) is 2.93. The standard InChI is InChI=1S/C13H19N3O/c1-10(13(17)16-12-2-3-12)15-9-6-11-4-7-14-8-5-11/h4-5,7-8,10,12,15H,2-3,6,9H2,1H3,(H,16,17). The Kier molecular flexibility index (Phi) is 4.09. The average molecular weight is 233 g/mol. The van der Waals surface area contributed by atoms with E-state index in [0.29, 0.717) is 6.04 Å². The van der Waals surface area contributed by atoms with Crippen molar-refractivity contribution in [3.05, 3.63) is 30.1 Å². The van der Waals surface area contributed by atoms with E-state index in [9.17, 15) is 4.79 Å². The molecule has 0 saturated heterocycles. The van der Waals surface area contributed by atoms with E-state index < -0.39 is 0 Å². The number of aromatic nitrogens is 1. The fourth-order valence-electron chi connectivity index (χ4n) is 1.63. The molecule has 1 atom stereocenters. The first-order valence-corrected chi connectivity index (χ1v) is 6.18. The van der Waals surface area contributed by atoms with Crippen LogP contribution in [-0.4, -0.2) is 29.5 Å². The Bertz CT molecular complexity index is 362. The summed E-state index contributed by atoms with van der Waals surface area (Å²) in [5, 5.41) is 6.22. The van der Waals surface area contributed by atoms with Gasteiger partial charge in [-0.1, -0.05) is 0 Å². The van der Waals surface area contributed by atoms with Crippen LogP contribution in [0, 0.1) is 0 Å². The summed E-state index contributed by atoms with van der Waals surface area (Å²) in [5.41, 5.74) is 1.24. The molecule has 1 aromatic rings. The third-order valence-electron chi connectivity index (χ3n) is 2.93. The van der Waals surface area contributed by atoms with Crippen LogP contribution in [0.4, 0.5) is 0 Å². The lowest BCUT2D eigenvalue weighted by atomic mass is 10.2. The van der Waals surface area contributed by atoms with Crippen molar-refractivity contribution < 1.29 is 4.79 Å². The Hall–Kier alpha value is -1.42. The lowest BCUT2D eigenvalue weighted by molar-refractivity contribution is -0.122. The molecule has 0 spiro atoms. The van der Waals surface area contributed by atoms with E-state index >= 15 is 0 Å². The summed E-state index contributed by atoms with van der Waals surface area (Å²) in [6.07, 6.45) is 6.77. The van der Waals surface area contributed by atoms with Gasteiger partial charge in [-0.05, 0) is 50.4 Å². The Balaban J connectivity index is 1.65. The van der Waals surface area contributed by atoms with Crippen molar-refractivity contribution in [2.24, 2.45) is 0 Å². The van der Waals surface area contributed by atoms with Gasteiger partial charge in [-0.2, -0.15) is 0 Å². The van der Waals surface area contributed by atoms with Crippen molar-refractivity contribution in [2.45, 2.75) is 38.3 Å². The molecule has 1 heterocycles. The molecule has 1 fully saturated rings. The van der Waals surface area contributed by atoms with Gasteiger partial charge in [0, 0.05) is 18.4 Å². The Morgan fingerprint density at radius 1 is 1.47 bits per heavy atom. The van der Waals surface area contributed by atoms with Crippen molar-refractivity contribution in [2.75, 3.05) is 6.54 Å². The number of amides is 1. The predicted octanol–water partition coefficient (Wildman–Crippen LogP) is 0.881. The van der Waals surface area contributed by atoms with Crippen LogP contribution >= 0.6 is 0 Å². The lowest BCUT2D eigenvalue weighted by Gasteiger charge is -2.13. The lowest BCUT2D eigenvalue weighted by Crippen LogP contribution is -2.43. The molecule has 1 aliphatic carbocycles. The van der Waals surface area contributed by atoms with E-state index in [2.05, 4.69) is 15.6 Å². The van der Waals surface area contributed by atoms with Crippen molar-refractivity contribution >= 4 is 5.91 Å². The fraction of sp³-hybridized carbons (Fsp3) is 0.538. The predicted molar refractivity (Wildman–Crippen MR) is 66.6 cm³/mol. The maximum absolute atomic E-state index is 11.7. The minimum Gasteiger partial charge on any atom is -0.352 e. The molecule has 0 aliphatic heterocycles. The molecule has 2 rings (SSSR count). The first-order valence-electron chi connectivity index (χ1n) is 6.18. The molecule has 1 aliphatic rings. The van der Waals surface area contributed by atoms with E-state index in [1.807, 2.05) is 19.1 Å². The van der Waals surface area contributed by atoms with E-state index in [0.717, 1.165) is 25.8 Å². The summed E-state index contributed by atoms with van der Waals surface area (Å²) in [6, 6.07) is 4.32. The number of nitrogens with one attached hydrogen (secondary N) is 2. The van der Waals surface area contributed by atoms with Crippen molar-refractivity contribution in [3.8, 4) is 0 Å². The first-order chi connectivity index (χ1) is 8.25. The van der Waals surface area contributed by atoms with Crippen molar-refractivity contribution in [1.82, 2.24) is 15.6 Å². The smallest absolute Gasteiger partial charge is 0.237 e. The molecule has 0 aromatic carbocycles. The molecule has 17 heavy (non-hydrogen) atoms. The highest BCUT2D eigenvalue weighted by molar-refractivity contribution is 5.81. The molecule has 1 amide bonds. The summed E-state index contributed by atoms with van der Waals surface area (Å²) in [5.74, 6) is 0.113. The number of rotatable bonds is 6. The molecule has 4 nitrogen and oxygen atoms in total. The van der Waals surface area contributed by atoms with Gasteiger partial charge in [-0.15, -0.1) is 0 Å². The van der Waals surface area contributed by atoms with Gasteiger partial charge in [0.15, 0.2) is 0 Å². The first kappa shape index (κ1) is 12.0.